The van der Waals surface area contributed by atoms with Crippen molar-refractivity contribution in [1.29, 1.82) is 5.26 Å². The van der Waals surface area contributed by atoms with Gasteiger partial charge in [-0.2, -0.15) is 5.26 Å². The molecule has 0 fully saturated rings. The minimum atomic E-state index is -3.62. The number of nitrogens with one attached hydrogen (secondary N) is 1. The molecule has 1 heterocycles. The summed E-state index contributed by atoms with van der Waals surface area (Å²) in [6.07, 6.45) is 0.647. The van der Waals surface area contributed by atoms with Crippen molar-refractivity contribution in [2.24, 2.45) is 0 Å². The average molecular weight is 320 g/mol. The summed E-state index contributed by atoms with van der Waals surface area (Å²) in [4.78, 5) is 1.30. The number of benzene rings is 1. The molecule has 1 aromatic heterocycles. The second kappa shape index (κ2) is 6.39. The van der Waals surface area contributed by atoms with Crippen molar-refractivity contribution in [1.82, 2.24) is 4.72 Å². The highest BCUT2D eigenvalue weighted by Crippen LogP contribution is 2.18. The molecule has 1 unspecified atom stereocenters. The third-order valence-electron chi connectivity index (χ3n) is 3.05. The van der Waals surface area contributed by atoms with E-state index in [1.54, 1.807) is 30.4 Å². The Hall–Kier alpha value is -1.68. The van der Waals surface area contributed by atoms with Gasteiger partial charge in [-0.15, -0.1) is 11.3 Å². The van der Waals surface area contributed by atoms with Crippen molar-refractivity contribution >= 4 is 21.4 Å². The third-order valence-corrected chi connectivity index (χ3v) is 5.68. The molecule has 4 nitrogen and oxygen atoms in total. The van der Waals surface area contributed by atoms with E-state index in [0.717, 1.165) is 4.88 Å². The number of nitrogens with zero attached hydrogens (tertiary/aromatic N) is 1. The molecule has 1 atom stereocenters. The largest absolute Gasteiger partial charge is 0.241 e. The number of sulfonamides is 1. The highest BCUT2D eigenvalue weighted by molar-refractivity contribution is 7.89. The summed E-state index contributed by atoms with van der Waals surface area (Å²) < 4.78 is 27.6. The monoisotopic (exact) mass is 320 g/mol. The van der Waals surface area contributed by atoms with Crippen molar-refractivity contribution in [3.63, 3.8) is 0 Å². The molecule has 0 aliphatic rings. The molecule has 2 rings (SSSR count). The zero-order valence-corrected chi connectivity index (χ0v) is 13.5. The Balaban J connectivity index is 2.20. The van der Waals surface area contributed by atoms with E-state index in [4.69, 9.17) is 5.26 Å². The van der Waals surface area contributed by atoms with Crippen LogP contribution in [0.25, 0.3) is 0 Å². The van der Waals surface area contributed by atoms with Gasteiger partial charge in [0.05, 0.1) is 16.5 Å². The fourth-order valence-electron chi connectivity index (χ4n) is 2.06. The lowest BCUT2D eigenvalue weighted by Crippen LogP contribution is -2.34. The van der Waals surface area contributed by atoms with Crippen LogP contribution in [0.2, 0.25) is 0 Å². The highest BCUT2D eigenvalue weighted by Gasteiger charge is 2.20. The van der Waals surface area contributed by atoms with Gasteiger partial charge in [0.25, 0.3) is 0 Å². The van der Waals surface area contributed by atoms with Gasteiger partial charge >= 0.3 is 0 Å². The molecule has 0 aliphatic carbocycles. The quantitative estimate of drug-likeness (QED) is 0.921. The molecule has 1 aromatic carbocycles. The fraction of sp³-hybridized carbons (Fsp3) is 0.267. The minimum Gasteiger partial charge on any atom is -0.208 e. The SMILES string of the molecule is Cc1ccc(C#N)cc1S(=O)(=O)NC(C)Cc1cccs1. The Kier molecular flexibility index (Phi) is 4.78. The Morgan fingerprint density at radius 2 is 2.14 bits per heavy atom. The van der Waals surface area contributed by atoms with Crippen LogP contribution in [-0.2, 0) is 16.4 Å². The van der Waals surface area contributed by atoms with Crippen LogP contribution < -0.4 is 4.72 Å². The molecule has 0 amide bonds. The summed E-state index contributed by atoms with van der Waals surface area (Å²) in [5.74, 6) is 0. The van der Waals surface area contributed by atoms with Crippen molar-refractivity contribution < 1.29 is 8.42 Å². The lowest BCUT2D eigenvalue weighted by atomic mass is 10.2. The molecule has 0 saturated heterocycles. The average Bonchev–Trinajstić information content (AvgIpc) is 2.91. The van der Waals surface area contributed by atoms with E-state index in [2.05, 4.69) is 4.72 Å². The molecule has 6 heteroatoms. The maximum Gasteiger partial charge on any atom is 0.241 e. The summed E-state index contributed by atoms with van der Waals surface area (Å²) in [6.45, 7) is 3.56. The van der Waals surface area contributed by atoms with Crippen LogP contribution in [0.4, 0.5) is 0 Å². The molecule has 0 radical (unpaired) electrons. The second-order valence-electron chi connectivity index (χ2n) is 4.90. The molecule has 0 saturated carbocycles. The number of hydrogen-bond donors (Lipinski definition) is 1. The van der Waals surface area contributed by atoms with Crippen LogP contribution in [0.5, 0.6) is 0 Å². The van der Waals surface area contributed by atoms with Gasteiger partial charge in [0.15, 0.2) is 0 Å². The van der Waals surface area contributed by atoms with Crippen molar-refractivity contribution in [2.75, 3.05) is 0 Å². The molecular weight excluding hydrogens is 304 g/mol. The minimum absolute atomic E-state index is 0.166. The van der Waals surface area contributed by atoms with E-state index in [0.29, 0.717) is 17.5 Å². The Morgan fingerprint density at radius 3 is 2.76 bits per heavy atom. The first-order valence-electron chi connectivity index (χ1n) is 6.48. The Bertz CT molecular complexity index is 759. The lowest BCUT2D eigenvalue weighted by molar-refractivity contribution is 0.560. The van der Waals surface area contributed by atoms with Gasteiger partial charge in [-0.1, -0.05) is 12.1 Å². The van der Waals surface area contributed by atoms with Crippen molar-refractivity contribution in [3.05, 3.63) is 51.7 Å². The van der Waals surface area contributed by atoms with Crippen LogP contribution in [0, 0.1) is 18.3 Å². The maximum atomic E-state index is 12.4. The predicted octanol–water partition coefficient (Wildman–Crippen LogP) is 2.84. The molecule has 110 valence electrons. The molecule has 0 bridgehead atoms. The van der Waals surface area contributed by atoms with Gasteiger partial charge in [-0.25, -0.2) is 13.1 Å². The summed E-state index contributed by atoms with van der Waals surface area (Å²) in [5, 5.41) is 10.9. The smallest absolute Gasteiger partial charge is 0.208 e. The van der Waals surface area contributed by atoms with Crippen LogP contribution in [0.1, 0.15) is 22.9 Å². The summed E-state index contributed by atoms with van der Waals surface area (Å²) in [5.41, 5.74) is 0.969. The van der Waals surface area contributed by atoms with Crippen LogP contribution >= 0.6 is 11.3 Å². The van der Waals surface area contributed by atoms with E-state index < -0.39 is 10.0 Å². The van der Waals surface area contributed by atoms with Gasteiger partial charge < -0.3 is 0 Å². The highest BCUT2D eigenvalue weighted by atomic mass is 32.2. The second-order valence-corrected chi connectivity index (χ2v) is 7.61. The topological polar surface area (TPSA) is 70.0 Å². The number of thiophene rings is 1. The third kappa shape index (κ3) is 3.91. The van der Waals surface area contributed by atoms with E-state index in [1.165, 1.54) is 6.07 Å². The molecule has 21 heavy (non-hydrogen) atoms. The molecule has 2 aromatic rings. The number of aryl methyl sites for hydroxylation is 1. The van der Waals surface area contributed by atoms with E-state index in [9.17, 15) is 8.42 Å². The number of rotatable bonds is 5. The van der Waals surface area contributed by atoms with Gasteiger partial charge in [-0.05, 0) is 49.4 Å². The molecule has 0 aliphatic heterocycles. The zero-order chi connectivity index (χ0) is 15.5. The molecule has 1 N–H and O–H groups in total. The van der Waals surface area contributed by atoms with Gasteiger partial charge in [0.1, 0.15) is 0 Å². The zero-order valence-electron chi connectivity index (χ0n) is 11.8. The predicted molar refractivity (Wildman–Crippen MR) is 83.7 cm³/mol. The van der Waals surface area contributed by atoms with Crippen molar-refractivity contribution in [3.8, 4) is 6.07 Å². The van der Waals surface area contributed by atoms with E-state index in [-0.39, 0.29) is 10.9 Å². The first kappa shape index (κ1) is 15.7. The van der Waals surface area contributed by atoms with Crippen LogP contribution in [0.15, 0.2) is 40.6 Å². The van der Waals surface area contributed by atoms with Crippen LogP contribution in [0.3, 0.4) is 0 Å². The van der Waals surface area contributed by atoms with Gasteiger partial charge in [0, 0.05) is 10.9 Å². The Labute approximate surface area is 129 Å². The first-order chi connectivity index (χ1) is 9.92. The van der Waals surface area contributed by atoms with Gasteiger partial charge in [-0.3, -0.25) is 0 Å². The number of nitriles is 1. The summed E-state index contributed by atoms with van der Waals surface area (Å²) in [7, 11) is -3.62. The van der Waals surface area contributed by atoms with Crippen molar-refractivity contribution in [2.45, 2.75) is 31.2 Å². The summed E-state index contributed by atoms with van der Waals surface area (Å²) >= 11 is 1.60. The Morgan fingerprint density at radius 1 is 1.38 bits per heavy atom. The number of hydrogen-bond acceptors (Lipinski definition) is 4. The molecular formula is C15H16N2O2S2. The fourth-order valence-corrected chi connectivity index (χ4v) is 4.41. The standard InChI is InChI=1S/C15H16N2O2S2/c1-11-5-6-13(10-16)9-15(11)21(18,19)17-12(2)8-14-4-3-7-20-14/h3-7,9,12,17H,8H2,1-2H3. The van der Waals surface area contributed by atoms with E-state index >= 15 is 0 Å². The van der Waals surface area contributed by atoms with Gasteiger partial charge in [0.2, 0.25) is 10.0 Å². The first-order valence-corrected chi connectivity index (χ1v) is 8.84. The maximum absolute atomic E-state index is 12.4. The van der Waals surface area contributed by atoms with Crippen LogP contribution in [-0.4, -0.2) is 14.5 Å². The van der Waals surface area contributed by atoms with E-state index in [1.807, 2.05) is 30.5 Å². The lowest BCUT2D eigenvalue weighted by Gasteiger charge is -2.15. The molecule has 0 spiro atoms. The summed E-state index contributed by atoms with van der Waals surface area (Å²) in [6, 6.07) is 10.4. The normalized spacial score (nSPS) is 12.8.